The first kappa shape index (κ1) is 22.0. The van der Waals surface area contributed by atoms with Crippen molar-refractivity contribution in [1.82, 2.24) is 15.4 Å². The second kappa shape index (κ2) is 9.86. The summed E-state index contributed by atoms with van der Waals surface area (Å²) in [7, 11) is 1.54. The predicted molar refractivity (Wildman–Crippen MR) is 121 cm³/mol. The molecule has 30 heavy (non-hydrogen) atoms. The highest BCUT2D eigenvalue weighted by molar-refractivity contribution is 7.99. The third-order valence-electron chi connectivity index (χ3n) is 3.99. The lowest BCUT2D eigenvalue weighted by Crippen LogP contribution is -2.17. The Hall–Kier alpha value is -2.71. The Balaban J connectivity index is 1.72. The summed E-state index contributed by atoms with van der Waals surface area (Å²) >= 11 is 7.89. The van der Waals surface area contributed by atoms with Crippen LogP contribution in [0, 0.1) is 0 Å². The molecule has 0 spiro atoms. The lowest BCUT2D eigenvalue weighted by atomic mass is 10.2. The van der Waals surface area contributed by atoms with E-state index in [2.05, 4.69) is 34.3 Å². The molecule has 7 nitrogen and oxygen atoms in total. The Bertz CT molecular complexity index is 1080. The Morgan fingerprint density at radius 3 is 2.87 bits per heavy atom. The summed E-state index contributed by atoms with van der Waals surface area (Å²) in [5.74, 6) is 0.646. The number of carbonyl (C=O) groups is 1. The summed E-state index contributed by atoms with van der Waals surface area (Å²) in [6, 6.07) is 8.71. The zero-order valence-electron chi connectivity index (χ0n) is 17.2. The Labute approximate surface area is 184 Å². The van der Waals surface area contributed by atoms with E-state index in [1.54, 1.807) is 36.0 Å². The Morgan fingerprint density at radius 2 is 2.17 bits per heavy atom. The number of hydrazone groups is 1. The zero-order chi connectivity index (χ0) is 21.7. The third kappa shape index (κ3) is 5.25. The number of methoxy groups -OCH3 is 1. The van der Waals surface area contributed by atoms with Crippen molar-refractivity contribution in [2.45, 2.75) is 31.2 Å². The molecule has 0 fully saturated rings. The van der Waals surface area contributed by atoms with Crippen LogP contribution in [0.4, 0.5) is 0 Å². The van der Waals surface area contributed by atoms with Gasteiger partial charge in [0.05, 0.1) is 36.0 Å². The first-order chi connectivity index (χ1) is 14.4. The van der Waals surface area contributed by atoms with Crippen LogP contribution in [0.1, 0.15) is 36.7 Å². The molecule has 3 rings (SSSR count). The molecule has 0 saturated carbocycles. The van der Waals surface area contributed by atoms with E-state index in [9.17, 15) is 4.79 Å². The van der Waals surface area contributed by atoms with Crippen molar-refractivity contribution in [1.29, 1.82) is 0 Å². The second-order valence-electron chi connectivity index (χ2n) is 6.61. The summed E-state index contributed by atoms with van der Waals surface area (Å²) in [5, 5.41) is 5.68. The van der Waals surface area contributed by atoms with Crippen molar-refractivity contribution in [3.8, 4) is 11.5 Å². The number of hydrogen-bond acceptors (Lipinski definition) is 6. The predicted octanol–water partition coefficient (Wildman–Crippen LogP) is 4.89. The number of nitrogens with zero attached hydrogens (tertiary/aromatic N) is 2. The summed E-state index contributed by atoms with van der Waals surface area (Å²) in [5.41, 5.74) is 5.29. The van der Waals surface area contributed by atoms with Crippen molar-refractivity contribution in [2.24, 2.45) is 5.10 Å². The van der Waals surface area contributed by atoms with Crippen molar-refractivity contribution < 1.29 is 14.3 Å². The fourth-order valence-corrected chi connectivity index (χ4v) is 3.78. The van der Waals surface area contributed by atoms with Gasteiger partial charge >= 0.3 is 0 Å². The molecule has 0 aliphatic carbocycles. The third-order valence-corrected chi connectivity index (χ3v) is 5.16. The van der Waals surface area contributed by atoms with E-state index >= 15 is 0 Å². The van der Waals surface area contributed by atoms with Gasteiger partial charge in [0.1, 0.15) is 0 Å². The quantitative estimate of drug-likeness (QED) is 0.292. The highest BCUT2D eigenvalue weighted by Crippen LogP contribution is 2.36. The van der Waals surface area contributed by atoms with E-state index in [1.165, 1.54) is 13.3 Å². The topological polar surface area (TPSA) is 88.6 Å². The molecule has 0 bridgehead atoms. The largest absolute Gasteiger partial charge is 0.493 e. The van der Waals surface area contributed by atoms with Gasteiger partial charge in [-0.3, -0.25) is 4.79 Å². The van der Waals surface area contributed by atoms with Gasteiger partial charge in [-0.2, -0.15) is 5.10 Å². The summed E-state index contributed by atoms with van der Waals surface area (Å²) in [6.45, 7) is 6.53. The van der Waals surface area contributed by atoms with Crippen LogP contribution in [0.5, 0.6) is 11.5 Å². The molecular formula is C21H23ClN4O3S. The highest BCUT2D eigenvalue weighted by Gasteiger charge is 2.12. The van der Waals surface area contributed by atoms with Crippen molar-refractivity contribution >= 4 is 46.5 Å². The number of ether oxygens (including phenoxy) is 2. The number of thioether (sulfide) groups is 1. The van der Waals surface area contributed by atoms with E-state index in [0.29, 0.717) is 39.5 Å². The van der Waals surface area contributed by atoms with Crippen LogP contribution in [0.2, 0.25) is 5.02 Å². The fraction of sp³-hybridized carbons (Fsp3) is 0.286. The van der Waals surface area contributed by atoms with Crippen LogP contribution in [-0.4, -0.2) is 41.1 Å². The van der Waals surface area contributed by atoms with Gasteiger partial charge in [0.2, 0.25) is 0 Å². The van der Waals surface area contributed by atoms with Crippen molar-refractivity contribution in [3.05, 3.63) is 46.5 Å². The van der Waals surface area contributed by atoms with Crippen LogP contribution in [0.3, 0.4) is 0 Å². The van der Waals surface area contributed by atoms with Crippen LogP contribution in [0.25, 0.3) is 11.0 Å². The number of rotatable bonds is 8. The highest BCUT2D eigenvalue weighted by atomic mass is 35.5. The van der Waals surface area contributed by atoms with Crippen LogP contribution >= 0.6 is 23.4 Å². The number of nitrogens with one attached hydrogen (secondary N) is 2. The molecule has 9 heteroatoms. The molecule has 0 aliphatic rings. The van der Waals surface area contributed by atoms with Crippen LogP contribution < -0.4 is 14.9 Å². The number of imidazole rings is 1. The lowest BCUT2D eigenvalue weighted by Gasteiger charge is -2.11. The van der Waals surface area contributed by atoms with E-state index in [4.69, 9.17) is 21.1 Å². The molecular weight excluding hydrogens is 424 g/mol. The van der Waals surface area contributed by atoms with Gasteiger partial charge in [-0.1, -0.05) is 37.2 Å². The van der Waals surface area contributed by atoms with Gasteiger partial charge in [0.25, 0.3) is 5.91 Å². The molecule has 0 aliphatic heterocycles. The molecule has 1 amide bonds. The maximum absolute atomic E-state index is 12.5. The van der Waals surface area contributed by atoms with Gasteiger partial charge in [-0.05, 0) is 42.8 Å². The number of halogens is 1. The Morgan fingerprint density at radius 1 is 1.37 bits per heavy atom. The fourth-order valence-electron chi connectivity index (χ4n) is 2.74. The molecule has 3 aromatic rings. The van der Waals surface area contributed by atoms with Gasteiger partial charge in [-0.15, -0.1) is 0 Å². The molecule has 0 radical (unpaired) electrons. The maximum atomic E-state index is 12.5. The number of benzene rings is 2. The second-order valence-corrected chi connectivity index (χ2v) is 8.58. The van der Waals surface area contributed by atoms with E-state index in [0.717, 1.165) is 16.2 Å². The SMILES string of the molecule is CCOc1c(Cl)cc(/C=N\NC(=O)c2ccc3nc(SC(C)C)[nH]c3c2)cc1OC. The number of hydrogen-bond donors (Lipinski definition) is 2. The number of aromatic amines is 1. The zero-order valence-corrected chi connectivity index (χ0v) is 18.7. The summed E-state index contributed by atoms with van der Waals surface area (Å²) < 4.78 is 10.8. The number of fused-ring (bicyclic) bond motifs is 1. The molecule has 0 saturated heterocycles. The van der Waals surface area contributed by atoms with Crippen LogP contribution in [-0.2, 0) is 0 Å². The minimum absolute atomic E-state index is 0.329. The van der Waals surface area contributed by atoms with Gasteiger partial charge < -0.3 is 14.5 Å². The number of carbonyl (C=O) groups excluding carboxylic acids is 1. The van der Waals surface area contributed by atoms with E-state index in [1.807, 2.05) is 13.0 Å². The Kier molecular flexibility index (Phi) is 7.23. The molecule has 158 valence electrons. The number of aromatic nitrogens is 2. The minimum atomic E-state index is -0.329. The molecule has 2 N–H and O–H groups in total. The lowest BCUT2D eigenvalue weighted by molar-refractivity contribution is 0.0955. The molecule has 1 heterocycles. The number of H-pyrrole nitrogens is 1. The smallest absolute Gasteiger partial charge is 0.271 e. The van der Waals surface area contributed by atoms with Gasteiger partial charge in [0, 0.05) is 10.8 Å². The maximum Gasteiger partial charge on any atom is 0.271 e. The monoisotopic (exact) mass is 446 g/mol. The first-order valence-electron chi connectivity index (χ1n) is 9.41. The van der Waals surface area contributed by atoms with Gasteiger partial charge in [0.15, 0.2) is 16.7 Å². The van der Waals surface area contributed by atoms with Crippen molar-refractivity contribution in [3.63, 3.8) is 0 Å². The number of amides is 1. The molecule has 1 aromatic heterocycles. The molecule has 0 atom stereocenters. The van der Waals surface area contributed by atoms with Crippen molar-refractivity contribution in [2.75, 3.05) is 13.7 Å². The molecule has 0 unspecified atom stereocenters. The summed E-state index contributed by atoms with van der Waals surface area (Å²) in [6.07, 6.45) is 1.49. The first-order valence-corrected chi connectivity index (χ1v) is 10.7. The minimum Gasteiger partial charge on any atom is -0.493 e. The average Bonchev–Trinajstić information content (AvgIpc) is 3.10. The standard InChI is InChI=1S/C21H23ClN4O3S/c1-5-29-19-15(22)8-13(9-18(19)28-4)11-23-26-20(27)14-6-7-16-17(10-14)25-21(24-16)30-12(2)3/h6-12H,5H2,1-4H3,(H,24,25)(H,26,27)/b23-11-. The van der Waals surface area contributed by atoms with E-state index < -0.39 is 0 Å². The van der Waals surface area contributed by atoms with Gasteiger partial charge in [-0.25, -0.2) is 10.4 Å². The molecule has 2 aromatic carbocycles. The normalized spacial score (nSPS) is 11.4. The van der Waals surface area contributed by atoms with E-state index in [-0.39, 0.29) is 5.91 Å². The van der Waals surface area contributed by atoms with Crippen LogP contribution in [0.15, 0.2) is 40.6 Å². The average molecular weight is 447 g/mol. The summed E-state index contributed by atoms with van der Waals surface area (Å²) in [4.78, 5) is 20.2.